The molecule has 0 radical (unpaired) electrons. The zero-order valence-corrected chi connectivity index (χ0v) is 13.2. The van der Waals surface area contributed by atoms with E-state index in [-0.39, 0.29) is 5.91 Å². The molecule has 0 spiro atoms. The Balaban J connectivity index is 2.18. The fraction of sp³-hybridized carbons (Fsp3) is 0.529. The van der Waals surface area contributed by atoms with Crippen LogP contribution in [0.25, 0.3) is 0 Å². The summed E-state index contributed by atoms with van der Waals surface area (Å²) in [6.45, 7) is 5.42. The summed E-state index contributed by atoms with van der Waals surface area (Å²) >= 11 is 0. The van der Waals surface area contributed by atoms with E-state index in [9.17, 15) is 9.59 Å². The van der Waals surface area contributed by atoms with Crippen molar-refractivity contribution in [3.05, 3.63) is 35.9 Å². The predicted molar refractivity (Wildman–Crippen MR) is 84.4 cm³/mol. The first kappa shape index (κ1) is 16.5. The Hall–Kier alpha value is -1.88. The first-order chi connectivity index (χ1) is 10.5. The molecule has 1 amide bonds. The van der Waals surface area contributed by atoms with Crippen molar-refractivity contribution >= 4 is 11.9 Å². The molecule has 0 aliphatic carbocycles. The van der Waals surface area contributed by atoms with Gasteiger partial charge in [0.15, 0.2) is 0 Å². The number of benzene rings is 1. The molecule has 1 aromatic carbocycles. The van der Waals surface area contributed by atoms with Gasteiger partial charge in [0.05, 0.1) is 0 Å². The van der Waals surface area contributed by atoms with Gasteiger partial charge in [-0.3, -0.25) is 14.5 Å². The van der Waals surface area contributed by atoms with E-state index in [0.717, 1.165) is 31.5 Å². The van der Waals surface area contributed by atoms with Crippen LogP contribution in [0, 0.1) is 5.92 Å². The normalized spacial score (nSPS) is 19.4. The number of hydrogen-bond donors (Lipinski definition) is 2. The Morgan fingerprint density at radius 3 is 2.36 bits per heavy atom. The van der Waals surface area contributed by atoms with Gasteiger partial charge in [0.25, 0.3) is 0 Å². The quantitative estimate of drug-likeness (QED) is 0.873. The number of rotatable bonds is 5. The number of amides is 1. The highest BCUT2D eigenvalue weighted by atomic mass is 16.4. The molecule has 5 heteroatoms. The number of nitrogens with zero attached hydrogens (tertiary/aromatic N) is 1. The molecule has 2 unspecified atom stereocenters. The Labute approximate surface area is 131 Å². The average molecular weight is 304 g/mol. The van der Waals surface area contributed by atoms with Crippen LogP contribution in [0.2, 0.25) is 0 Å². The van der Waals surface area contributed by atoms with Crippen molar-refractivity contribution in [2.75, 3.05) is 13.1 Å². The number of aliphatic carboxylic acids is 1. The second kappa shape index (κ2) is 7.40. The van der Waals surface area contributed by atoms with Crippen LogP contribution in [0.1, 0.15) is 38.3 Å². The second-order valence-corrected chi connectivity index (χ2v) is 6.10. The maximum Gasteiger partial charge on any atom is 0.325 e. The lowest BCUT2D eigenvalue weighted by molar-refractivity contribution is -0.142. The van der Waals surface area contributed by atoms with E-state index < -0.39 is 18.1 Å². The molecule has 2 N–H and O–H groups in total. The minimum atomic E-state index is -1.02. The minimum absolute atomic E-state index is 0.240. The zero-order valence-electron chi connectivity index (χ0n) is 13.2. The predicted octanol–water partition coefficient (Wildman–Crippen LogP) is 2.05. The third kappa shape index (κ3) is 4.07. The van der Waals surface area contributed by atoms with Gasteiger partial charge in [-0.15, -0.1) is 0 Å². The van der Waals surface area contributed by atoms with Crippen molar-refractivity contribution in [3.63, 3.8) is 0 Å². The van der Waals surface area contributed by atoms with Crippen LogP contribution in [-0.4, -0.2) is 41.0 Å². The van der Waals surface area contributed by atoms with Crippen molar-refractivity contribution in [1.82, 2.24) is 10.2 Å². The Morgan fingerprint density at radius 2 is 1.82 bits per heavy atom. The molecule has 1 aromatic rings. The fourth-order valence-electron chi connectivity index (χ4n) is 2.80. The Kier molecular flexibility index (Phi) is 5.55. The lowest BCUT2D eigenvalue weighted by atomic mass is 9.95. The monoisotopic (exact) mass is 304 g/mol. The van der Waals surface area contributed by atoms with Gasteiger partial charge >= 0.3 is 5.97 Å². The summed E-state index contributed by atoms with van der Waals surface area (Å²) in [5, 5.41) is 11.6. The summed E-state index contributed by atoms with van der Waals surface area (Å²) < 4.78 is 0. The lowest BCUT2D eigenvalue weighted by Crippen LogP contribution is -2.48. The molecule has 1 heterocycles. The average Bonchev–Trinajstić information content (AvgIpc) is 2.50. The number of piperidine rings is 1. The molecule has 0 aromatic heterocycles. The summed E-state index contributed by atoms with van der Waals surface area (Å²) in [7, 11) is 0. The van der Waals surface area contributed by atoms with Gasteiger partial charge in [-0.1, -0.05) is 37.3 Å². The molecular formula is C17H24N2O3. The van der Waals surface area contributed by atoms with Crippen LogP contribution >= 0.6 is 0 Å². The number of carbonyl (C=O) groups is 2. The van der Waals surface area contributed by atoms with Gasteiger partial charge in [-0.2, -0.15) is 0 Å². The van der Waals surface area contributed by atoms with Gasteiger partial charge in [-0.05, 0) is 44.3 Å². The molecule has 22 heavy (non-hydrogen) atoms. The number of likely N-dealkylation sites (tertiary alicyclic amines) is 1. The Morgan fingerprint density at radius 1 is 1.23 bits per heavy atom. The molecule has 2 atom stereocenters. The molecule has 1 aliphatic heterocycles. The van der Waals surface area contributed by atoms with E-state index in [1.165, 1.54) is 6.92 Å². The number of hydrogen-bond acceptors (Lipinski definition) is 3. The van der Waals surface area contributed by atoms with Crippen molar-refractivity contribution < 1.29 is 14.7 Å². The molecule has 1 saturated heterocycles. The van der Waals surface area contributed by atoms with E-state index in [2.05, 4.69) is 17.1 Å². The van der Waals surface area contributed by atoms with Crippen molar-refractivity contribution in [2.45, 2.75) is 38.8 Å². The summed E-state index contributed by atoms with van der Waals surface area (Å²) in [6.07, 6.45) is 2.12. The van der Waals surface area contributed by atoms with E-state index in [1.807, 2.05) is 30.3 Å². The van der Waals surface area contributed by atoms with E-state index in [0.29, 0.717) is 5.92 Å². The smallest absolute Gasteiger partial charge is 0.325 e. The second-order valence-electron chi connectivity index (χ2n) is 6.10. The SMILES string of the molecule is CC1CCN(C(C(=O)NC(C)C(=O)O)c2ccccc2)CC1. The van der Waals surface area contributed by atoms with Crippen molar-refractivity contribution in [2.24, 2.45) is 5.92 Å². The van der Waals surface area contributed by atoms with Crippen molar-refractivity contribution in [1.29, 1.82) is 0 Å². The molecule has 5 nitrogen and oxygen atoms in total. The third-order valence-electron chi connectivity index (χ3n) is 4.28. The highest BCUT2D eigenvalue weighted by Crippen LogP contribution is 2.27. The summed E-state index contributed by atoms with van der Waals surface area (Å²) in [5.41, 5.74) is 0.909. The molecule has 0 saturated carbocycles. The van der Waals surface area contributed by atoms with E-state index >= 15 is 0 Å². The van der Waals surface area contributed by atoms with Crippen LogP contribution in [0.4, 0.5) is 0 Å². The van der Waals surface area contributed by atoms with Crippen molar-refractivity contribution in [3.8, 4) is 0 Å². The van der Waals surface area contributed by atoms with Crippen LogP contribution < -0.4 is 5.32 Å². The van der Waals surface area contributed by atoms with Crippen LogP contribution in [0.3, 0.4) is 0 Å². The van der Waals surface area contributed by atoms with Crippen LogP contribution in [0.15, 0.2) is 30.3 Å². The molecular weight excluding hydrogens is 280 g/mol. The first-order valence-corrected chi connectivity index (χ1v) is 7.81. The molecule has 0 bridgehead atoms. The van der Waals surface area contributed by atoms with Gasteiger partial charge in [0.2, 0.25) is 5.91 Å². The number of carboxylic acids is 1. The van der Waals surface area contributed by atoms with Gasteiger partial charge < -0.3 is 10.4 Å². The highest BCUT2D eigenvalue weighted by Gasteiger charge is 2.31. The molecule has 1 aliphatic rings. The molecule has 120 valence electrons. The highest BCUT2D eigenvalue weighted by molar-refractivity contribution is 5.87. The maximum atomic E-state index is 12.6. The van der Waals surface area contributed by atoms with Gasteiger partial charge in [0, 0.05) is 0 Å². The fourth-order valence-corrected chi connectivity index (χ4v) is 2.80. The lowest BCUT2D eigenvalue weighted by Gasteiger charge is -2.36. The van der Waals surface area contributed by atoms with E-state index in [1.54, 1.807) is 0 Å². The summed E-state index contributed by atoms with van der Waals surface area (Å²) in [5.74, 6) is -0.586. The molecule has 2 rings (SSSR count). The Bertz CT molecular complexity index is 510. The third-order valence-corrected chi connectivity index (χ3v) is 4.28. The summed E-state index contributed by atoms with van der Waals surface area (Å²) in [4.78, 5) is 25.8. The largest absolute Gasteiger partial charge is 0.480 e. The van der Waals surface area contributed by atoms with E-state index in [4.69, 9.17) is 5.11 Å². The standard InChI is InChI=1S/C17H24N2O3/c1-12-8-10-19(11-9-12)15(14-6-4-3-5-7-14)16(20)18-13(2)17(21)22/h3-7,12-13,15H,8-11H2,1-2H3,(H,18,20)(H,21,22). The van der Waals surface area contributed by atoms with Crippen LogP contribution in [-0.2, 0) is 9.59 Å². The maximum absolute atomic E-state index is 12.6. The van der Waals surface area contributed by atoms with Gasteiger partial charge in [0.1, 0.15) is 12.1 Å². The zero-order chi connectivity index (χ0) is 16.1. The van der Waals surface area contributed by atoms with Crippen LogP contribution in [0.5, 0.6) is 0 Å². The number of carboxylic acid groups (broad SMARTS) is 1. The molecule has 1 fully saturated rings. The van der Waals surface area contributed by atoms with Gasteiger partial charge in [-0.25, -0.2) is 0 Å². The number of nitrogens with one attached hydrogen (secondary N) is 1. The minimum Gasteiger partial charge on any atom is -0.480 e. The summed E-state index contributed by atoms with van der Waals surface area (Å²) in [6, 6.07) is 8.27. The topological polar surface area (TPSA) is 69.6 Å². The number of carbonyl (C=O) groups excluding carboxylic acids is 1. The first-order valence-electron chi connectivity index (χ1n) is 7.81.